The highest BCUT2D eigenvalue weighted by Gasteiger charge is 2.23. The molecule has 1 saturated heterocycles. The minimum absolute atomic E-state index is 0.125. The highest BCUT2D eigenvalue weighted by atomic mass is 35.5. The van der Waals surface area contributed by atoms with Crippen molar-refractivity contribution in [2.24, 2.45) is 0 Å². The third-order valence-corrected chi connectivity index (χ3v) is 5.37. The minimum Gasteiger partial charge on any atom is -0.462 e. The molecule has 3 rings (SSSR count). The summed E-state index contributed by atoms with van der Waals surface area (Å²) in [6.45, 7) is 4.66. The number of carbonyl (C=O) groups excluding carboxylic acids is 2. The van der Waals surface area contributed by atoms with Crippen molar-refractivity contribution >= 4 is 40.9 Å². The number of aromatic nitrogens is 1. The molecule has 1 aromatic carbocycles. The third kappa shape index (κ3) is 4.56. The van der Waals surface area contributed by atoms with E-state index in [0.29, 0.717) is 42.4 Å². The summed E-state index contributed by atoms with van der Waals surface area (Å²) in [6, 6.07) is 8.59. The predicted molar refractivity (Wildman–Crippen MR) is 109 cm³/mol. The van der Waals surface area contributed by atoms with Crippen LogP contribution in [0.3, 0.4) is 0 Å². The molecule has 2 aromatic rings. The van der Waals surface area contributed by atoms with Crippen LogP contribution in [0, 0.1) is 0 Å². The Kier molecular flexibility index (Phi) is 6.75. The molecule has 0 saturated carbocycles. The largest absolute Gasteiger partial charge is 0.462 e. The number of ether oxygens (including phenoxy) is 1. The van der Waals surface area contributed by atoms with Crippen molar-refractivity contribution < 1.29 is 14.3 Å². The van der Waals surface area contributed by atoms with Crippen molar-refractivity contribution in [1.29, 1.82) is 0 Å². The van der Waals surface area contributed by atoms with E-state index in [9.17, 15) is 9.59 Å². The van der Waals surface area contributed by atoms with Gasteiger partial charge in [-0.25, -0.2) is 9.78 Å². The van der Waals surface area contributed by atoms with Crippen LogP contribution in [0.15, 0.2) is 36.5 Å². The number of hydrogen-bond acceptors (Lipinski definition) is 5. The van der Waals surface area contributed by atoms with Gasteiger partial charge in [-0.15, -0.1) is 0 Å². The van der Waals surface area contributed by atoms with E-state index in [4.69, 9.17) is 27.9 Å². The second-order valence-corrected chi connectivity index (χ2v) is 7.14. The summed E-state index contributed by atoms with van der Waals surface area (Å²) in [5.74, 6) is 0.260. The molecule has 0 bridgehead atoms. The second-order valence-electron chi connectivity index (χ2n) is 6.36. The van der Waals surface area contributed by atoms with E-state index in [-0.39, 0.29) is 16.9 Å². The molecule has 148 valence electrons. The molecule has 0 spiro atoms. The number of nitrogens with zero attached hydrogens (tertiary/aromatic N) is 3. The van der Waals surface area contributed by atoms with Gasteiger partial charge in [0.2, 0.25) is 0 Å². The van der Waals surface area contributed by atoms with Crippen LogP contribution in [0.5, 0.6) is 0 Å². The first-order valence-corrected chi connectivity index (χ1v) is 9.88. The number of anilines is 1. The summed E-state index contributed by atoms with van der Waals surface area (Å²) in [5.41, 5.74) is 0.840. The third-order valence-electron chi connectivity index (χ3n) is 4.55. The number of amides is 1. The summed E-state index contributed by atoms with van der Waals surface area (Å²) in [7, 11) is 0. The van der Waals surface area contributed by atoms with Gasteiger partial charge in [0.05, 0.1) is 27.8 Å². The minimum atomic E-state index is -0.382. The average molecular weight is 422 g/mol. The predicted octanol–water partition coefficient (Wildman–Crippen LogP) is 3.92. The van der Waals surface area contributed by atoms with Gasteiger partial charge in [-0.3, -0.25) is 4.79 Å². The van der Waals surface area contributed by atoms with Crippen LogP contribution in [0.2, 0.25) is 10.0 Å². The zero-order valence-electron chi connectivity index (χ0n) is 15.5. The smallest absolute Gasteiger partial charge is 0.339 e. The van der Waals surface area contributed by atoms with Crippen LogP contribution in [0.1, 0.15) is 34.1 Å². The van der Waals surface area contributed by atoms with Gasteiger partial charge in [0, 0.05) is 32.4 Å². The van der Waals surface area contributed by atoms with Crippen molar-refractivity contribution in [3.05, 3.63) is 57.7 Å². The van der Waals surface area contributed by atoms with Gasteiger partial charge < -0.3 is 14.5 Å². The van der Waals surface area contributed by atoms with E-state index < -0.39 is 0 Å². The standard InChI is InChI=1S/C20H21Cl2N3O3/c1-2-28-20(27)14-7-8-17(23-13-14)24-9-4-10-25(12-11-24)19(26)15-5-3-6-16(21)18(15)22/h3,5-8,13H,2,4,9-12H2,1H3. The Labute approximate surface area is 174 Å². The lowest BCUT2D eigenvalue weighted by Crippen LogP contribution is -2.35. The lowest BCUT2D eigenvalue weighted by molar-refractivity contribution is 0.0525. The first-order valence-electron chi connectivity index (χ1n) is 9.12. The molecular formula is C20H21Cl2N3O3. The molecule has 0 atom stereocenters. The van der Waals surface area contributed by atoms with E-state index in [1.54, 1.807) is 42.2 Å². The zero-order valence-corrected chi connectivity index (χ0v) is 17.0. The SMILES string of the molecule is CCOC(=O)c1ccc(N2CCCN(C(=O)c3cccc(Cl)c3Cl)CC2)nc1. The van der Waals surface area contributed by atoms with Crippen LogP contribution >= 0.6 is 23.2 Å². The lowest BCUT2D eigenvalue weighted by Gasteiger charge is -2.23. The summed E-state index contributed by atoms with van der Waals surface area (Å²) in [6.07, 6.45) is 2.32. The van der Waals surface area contributed by atoms with E-state index in [2.05, 4.69) is 9.88 Å². The Bertz CT molecular complexity index is 858. The second kappa shape index (κ2) is 9.26. The van der Waals surface area contributed by atoms with Gasteiger partial charge in [-0.2, -0.15) is 0 Å². The van der Waals surface area contributed by atoms with Gasteiger partial charge >= 0.3 is 5.97 Å². The molecule has 0 radical (unpaired) electrons. The molecule has 1 aliphatic heterocycles. The maximum absolute atomic E-state index is 12.8. The summed E-state index contributed by atoms with van der Waals surface area (Å²) in [4.78, 5) is 32.9. The molecule has 1 amide bonds. The number of esters is 1. The van der Waals surface area contributed by atoms with E-state index >= 15 is 0 Å². The highest BCUT2D eigenvalue weighted by Crippen LogP contribution is 2.27. The molecule has 0 unspecified atom stereocenters. The van der Waals surface area contributed by atoms with E-state index in [1.165, 1.54) is 6.20 Å². The first-order chi connectivity index (χ1) is 13.5. The van der Waals surface area contributed by atoms with Gasteiger partial charge in [-0.1, -0.05) is 29.3 Å². The highest BCUT2D eigenvalue weighted by molar-refractivity contribution is 6.43. The van der Waals surface area contributed by atoms with Crippen molar-refractivity contribution in [3.63, 3.8) is 0 Å². The molecule has 1 fully saturated rings. The fraction of sp³-hybridized carbons (Fsp3) is 0.350. The van der Waals surface area contributed by atoms with Crippen LogP contribution < -0.4 is 4.90 Å². The monoisotopic (exact) mass is 421 g/mol. The molecule has 6 nitrogen and oxygen atoms in total. The maximum Gasteiger partial charge on any atom is 0.339 e. The molecule has 0 aliphatic carbocycles. The number of hydrogen-bond donors (Lipinski definition) is 0. The number of carbonyl (C=O) groups is 2. The zero-order chi connectivity index (χ0) is 20.1. The van der Waals surface area contributed by atoms with Crippen molar-refractivity contribution in [2.45, 2.75) is 13.3 Å². The van der Waals surface area contributed by atoms with Crippen LogP contribution in [0.25, 0.3) is 0 Å². The quantitative estimate of drug-likeness (QED) is 0.699. The molecule has 0 N–H and O–H groups in total. The number of rotatable bonds is 4. The number of pyridine rings is 1. The van der Waals surface area contributed by atoms with Gasteiger partial charge in [0.15, 0.2) is 0 Å². The van der Waals surface area contributed by atoms with Crippen molar-refractivity contribution in [1.82, 2.24) is 9.88 Å². The molecular weight excluding hydrogens is 401 g/mol. The van der Waals surface area contributed by atoms with Gasteiger partial charge in [-0.05, 0) is 37.6 Å². The fourth-order valence-electron chi connectivity index (χ4n) is 3.10. The Balaban J connectivity index is 1.67. The summed E-state index contributed by atoms with van der Waals surface area (Å²) in [5, 5.41) is 0.654. The Hall–Kier alpha value is -2.31. The van der Waals surface area contributed by atoms with E-state index in [0.717, 1.165) is 18.8 Å². The lowest BCUT2D eigenvalue weighted by atomic mass is 10.2. The Morgan fingerprint density at radius 3 is 2.64 bits per heavy atom. The van der Waals surface area contributed by atoms with Crippen molar-refractivity contribution in [3.8, 4) is 0 Å². The van der Waals surface area contributed by atoms with Crippen molar-refractivity contribution in [2.75, 3.05) is 37.7 Å². The molecule has 8 heteroatoms. The maximum atomic E-state index is 12.8. The Morgan fingerprint density at radius 2 is 1.93 bits per heavy atom. The topological polar surface area (TPSA) is 62.7 Å². The van der Waals surface area contributed by atoms with E-state index in [1.807, 2.05) is 0 Å². The van der Waals surface area contributed by atoms with Crippen LogP contribution in [0.4, 0.5) is 5.82 Å². The Morgan fingerprint density at radius 1 is 1.11 bits per heavy atom. The number of halogens is 2. The molecule has 2 heterocycles. The number of benzene rings is 1. The first kappa shape index (κ1) is 20.4. The normalized spacial score (nSPS) is 14.5. The average Bonchev–Trinajstić information content (AvgIpc) is 2.96. The van der Waals surface area contributed by atoms with Gasteiger partial charge in [0.25, 0.3) is 5.91 Å². The summed E-state index contributed by atoms with van der Waals surface area (Å²) < 4.78 is 4.98. The van der Waals surface area contributed by atoms with Crippen LogP contribution in [-0.4, -0.2) is 54.5 Å². The molecule has 28 heavy (non-hydrogen) atoms. The molecule has 1 aliphatic rings. The fourth-order valence-corrected chi connectivity index (χ4v) is 3.48. The summed E-state index contributed by atoms with van der Waals surface area (Å²) >= 11 is 12.2. The van der Waals surface area contributed by atoms with Gasteiger partial charge in [0.1, 0.15) is 5.82 Å². The van der Waals surface area contributed by atoms with Crippen LogP contribution in [-0.2, 0) is 4.74 Å². The molecule has 1 aromatic heterocycles.